The van der Waals surface area contributed by atoms with Crippen molar-refractivity contribution >= 4 is 5.91 Å². The van der Waals surface area contributed by atoms with Crippen LogP contribution >= 0.6 is 0 Å². The number of nitrogens with zero attached hydrogens (tertiary/aromatic N) is 1. The molecule has 92 valence electrons. The summed E-state index contributed by atoms with van der Waals surface area (Å²) in [5.41, 5.74) is 1.56. The van der Waals surface area contributed by atoms with E-state index in [0.717, 1.165) is 25.1 Å². The number of rotatable bonds is 1. The zero-order chi connectivity index (χ0) is 12.6. The number of aromatic hydroxyl groups is 1. The minimum absolute atomic E-state index is 0.0620. The number of phenols is 1. The molecular formula is C14H19NO2. The maximum absolute atomic E-state index is 12.2. The molecule has 1 N–H and O–H groups in total. The molecule has 1 aromatic rings. The molecule has 1 amide bonds. The van der Waals surface area contributed by atoms with Gasteiger partial charge in [-0.1, -0.05) is 19.9 Å². The number of carbonyl (C=O) groups is 1. The Morgan fingerprint density at radius 3 is 2.65 bits per heavy atom. The van der Waals surface area contributed by atoms with Crippen LogP contribution in [0.25, 0.3) is 0 Å². The molecular weight excluding hydrogens is 214 g/mol. The number of hydrogen-bond acceptors (Lipinski definition) is 2. The third-order valence-electron chi connectivity index (χ3n) is 3.35. The van der Waals surface area contributed by atoms with Gasteiger partial charge in [-0.05, 0) is 36.5 Å². The lowest BCUT2D eigenvalue weighted by molar-refractivity contribution is 0.0775. The number of amides is 1. The molecule has 0 bridgehead atoms. The van der Waals surface area contributed by atoms with Gasteiger partial charge in [0.25, 0.3) is 5.91 Å². The van der Waals surface area contributed by atoms with Gasteiger partial charge in [-0.2, -0.15) is 0 Å². The third-order valence-corrected chi connectivity index (χ3v) is 3.35. The normalized spacial score (nSPS) is 18.4. The van der Waals surface area contributed by atoms with Crippen LogP contribution in [-0.4, -0.2) is 29.0 Å². The Balaban J connectivity index is 2.21. The molecule has 0 atom stereocenters. The van der Waals surface area contributed by atoms with E-state index in [4.69, 9.17) is 0 Å². The lowest BCUT2D eigenvalue weighted by Gasteiger charge is -2.20. The number of hydrogen-bond donors (Lipinski definition) is 1. The third kappa shape index (κ3) is 2.43. The zero-order valence-electron chi connectivity index (χ0n) is 10.7. The standard InChI is InChI=1S/C14H19NO2/c1-10-4-5-11(12(16)8-10)13(17)15-7-6-14(2,3)9-15/h4-5,8,16H,6-7,9H2,1-3H3. The Kier molecular flexibility index (Phi) is 2.86. The topological polar surface area (TPSA) is 40.5 Å². The lowest BCUT2D eigenvalue weighted by Crippen LogP contribution is -2.30. The summed E-state index contributed by atoms with van der Waals surface area (Å²) < 4.78 is 0. The Morgan fingerprint density at radius 1 is 1.41 bits per heavy atom. The summed E-state index contributed by atoms with van der Waals surface area (Å²) in [6.07, 6.45) is 1.02. The molecule has 2 rings (SSSR count). The van der Waals surface area contributed by atoms with Crippen LogP contribution in [0.4, 0.5) is 0 Å². The molecule has 0 spiro atoms. The van der Waals surface area contributed by atoms with Crippen LogP contribution in [0.2, 0.25) is 0 Å². The van der Waals surface area contributed by atoms with Crippen molar-refractivity contribution in [3.63, 3.8) is 0 Å². The molecule has 1 aromatic carbocycles. The fraction of sp³-hybridized carbons (Fsp3) is 0.500. The molecule has 3 nitrogen and oxygen atoms in total. The molecule has 17 heavy (non-hydrogen) atoms. The number of phenolic OH excluding ortho intramolecular Hbond substituents is 1. The largest absolute Gasteiger partial charge is 0.507 e. The van der Waals surface area contributed by atoms with Crippen molar-refractivity contribution in [3.05, 3.63) is 29.3 Å². The van der Waals surface area contributed by atoms with Gasteiger partial charge in [0.2, 0.25) is 0 Å². The second-order valence-electron chi connectivity index (χ2n) is 5.66. The van der Waals surface area contributed by atoms with Crippen molar-refractivity contribution < 1.29 is 9.90 Å². The second kappa shape index (κ2) is 4.06. The van der Waals surface area contributed by atoms with Crippen LogP contribution in [0.15, 0.2) is 18.2 Å². The average molecular weight is 233 g/mol. The first-order valence-electron chi connectivity index (χ1n) is 5.98. The zero-order valence-corrected chi connectivity index (χ0v) is 10.7. The molecule has 1 aliphatic heterocycles. The van der Waals surface area contributed by atoms with E-state index in [1.807, 2.05) is 17.9 Å². The second-order valence-corrected chi connectivity index (χ2v) is 5.66. The van der Waals surface area contributed by atoms with Gasteiger partial charge in [0, 0.05) is 13.1 Å². The summed E-state index contributed by atoms with van der Waals surface area (Å²) in [7, 11) is 0. The molecule has 0 aromatic heterocycles. The summed E-state index contributed by atoms with van der Waals surface area (Å²) in [6, 6.07) is 5.20. The molecule has 1 fully saturated rings. The van der Waals surface area contributed by atoms with Crippen molar-refractivity contribution in [3.8, 4) is 5.75 Å². The highest BCUT2D eigenvalue weighted by molar-refractivity contribution is 5.97. The number of carbonyl (C=O) groups excluding carboxylic acids is 1. The van der Waals surface area contributed by atoms with Crippen LogP contribution in [0, 0.1) is 12.3 Å². The van der Waals surface area contributed by atoms with Crippen molar-refractivity contribution in [2.24, 2.45) is 5.41 Å². The van der Waals surface area contributed by atoms with Gasteiger partial charge in [0.15, 0.2) is 0 Å². The van der Waals surface area contributed by atoms with E-state index in [-0.39, 0.29) is 17.1 Å². The van der Waals surface area contributed by atoms with Gasteiger partial charge in [-0.15, -0.1) is 0 Å². The highest BCUT2D eigenvalue weighted by atomic mass is 16.3. The Bertz CT molecular complexity index is 452. The van der Waals surface area contributed by atoms with E-state index in [9.17, 15) is 9.90 Å². The van der Waals surface area contributed by atoms with E-state index in [0.29, 0.717) is 5.56 Å². The SMILES string of the molecule is Cc1ccc(C(=O)N2CCC(C)(C)C2)c(O)c1. The van der Waals surface area contributed by atoms with Crippen molar-refractivity contribution in [2.75, 3.05) is 13.1 Å². The fourth-order valence-electron chi connectivity index (χ4n) is 2.28. The maximum atomic E-state index is 12.2. The van der Waals surface area contributed by atoms with Gasteiger partial charge in [-0.3, -0.25) is 4.79 Å². The van der Waals surface area contributed by atoms with Gasteiger partial charge in [-0.25, -0.2) is 0 Å². The van der Waals surface area contributed by atoms with E-state index < -0.39 is 0 Å². The minimum atomic E-state index is -0.0620. The number of aryl methyl sites for hydroxylation is 1. The van der Waals surface area contributed by atoms with E-state index in [1.165, 1.54) is 0 Å². The van der Waals surface area contributed by atoms with Crippen molar-refractivity contribution in [1.82, 2.24) is 4.90 Å². The lowest BCUT2D eigenvalue weighted by atomic mass is 9.93. The van der Waals surface area contributed by atoms with Crippen molar-refractivity contribution in [2.45, 2.75) is 27.2 Å². The first kappa shape index (κ1) is 12.0. The van der Waals surface area contributed by atoms with Crippen LogP contribution in [0.1, 0.15) is 36.2 Å². The summed E-state index contributed by atoms with van der Waals surface area (Å²) >= 11 is 0. The molecule has 0 aliphatic carbocycles. The number of benzene rings is 1. The Morgan fingerprint density at radius 2 is 2.12 bits per heavy atom. The Hall–Kier alpha value is -1.51. The molecule has 3 heteroatoms. The van der Waals surface area contributed by atoms with Gasteiger partial charge in [0.05, 0.1) is 5.56 Å². The maximum Gasteiger partial charge on any atom is 0.257 e. The first-order valence-corrected chi connectivity index (χ1v) is 5.98. The molecule has 0 saturated carbocycles. The van der Waals surface area contributed by atoms with E-state index in [1.54, 1.807) is 12.1 Å². The van der Waals surface area contributed by atoms with Gasteiger partial charge >= 0.3 is 0 Å². The molecule has 0 radical (unpaired) electrons. The monoisotopic (exact) mass is 233 g/mol. The van der Waals surface area contributed by atoms with Gasteiger partial charge < -0.3 is 10.0 Å². The number of likely N-dealkylation sites (tertiary alicyclic amines) is 1. The fourth-order valence-corrected chi connectivity index (χ4v) is 2.28. The van der Waals surface area contributed by atoms with Crippen LogP contribution in [-0.2, 0) is 0 Å². The van der Waals surface area contributed by atoms with Crippen LogP contribution < -0.4 is 0 Å². The highest BCUT2D eigenvalue weighted by Crippen LogP contribution is 2.31. The highest BCUT2D eigenvalue weighted by Gasteiger charge is 2.33. The summed E-state index contributed by atoms with van der Waals surface area (Å²) in [5, 5.41) is 9.80. The Labute approximate surface area is 102 Å². The first-order chi connectivity index (χ1) is 7.89. The molecule has 1 heterocycles. The smallest absolute Gasteiger partial charge is 0.257 e. The molecule has 1 saturated heterocycles. The van der Waals surface area contributed by atoms with Crippen LogP contribution in [0.5, 0.6) is 5.75 Å². The quantitative estimate of drug-likeness (QED) is 0.810. The molecule has 0 unspecified atom stereocenters. The van der Waals surface area contributed by atoms with Crippen LogP contribution in [0.3, 0.4) is 0 Å². The predicted octanol–water partition coefficient (Wildman–Crippen LogP) is 2.57. The molecule has 1 aliphatic rings. The van der Waals surface area contributed by atoms with Gasteiger partial charge in [0.1, 0.15) is 5.75 Å². The predicted molar refractivity (Wildman–Crippen MR) is 67.1 cm³/mol. The summed E-state index contributed by atoms with van der Waals surface area (Å²) in [4.78, 5) is 14.1. The van der Waals surface area contributed by atoms with Crippen molar-refractivity contribution in [1.29, 1.82) is 0 Å². The minimum Gasteiger partial charge on any atom is -0.507 e. The van der Waals surface area contributed by atoms with E-state index >= 15 is 0 Å². The average Bonchev–Trinajstić information content (AvgIpc) is 2.58. The summed E-state index contributed by atoms with van der Waals surface area (Å²) in [5.74, 6) is 0.0211. The summed E-state index contributed by atoms with van der Waals surface area (Å²) in [6.45, 7) is 7.76. The van der Waals surface area contributed by atoms with E-state index in [2.05, 4.69) is 13.8 Å².